The van der Waals surface area contributed by atoms with E-state index in [1.165, 1.54) is 12.8 Å². The number of quaternary nitrogens is 1. The fourth-order valence-electron chi connectivity index (χ4n) is 5.13. The summed E-state index contributed by atoms with van der Waals surface area (Å²) < 4.78 is 17.0. The maximum Gasteiger partial charge on any atom is 0.306 e. The molecule has 2 unspecified atom stereocenters. The van der Waals surface area contributed by atoms with E-state index >= 15 is 0 Å². The van der Waals surface area contributed by atoms with Crippen molar-refractivity contribution >= 4 is 17.9 Å². The first-order valence-electron chi connectivity index (χ1n) is 20.1. The second kappa shape index (κ2) is 35.5. The second-order valence-corrected chi connectivity index (χ2v) is 14.1. The van der Waals surface area contributed by atoms with Crippen molar-refractivity contribution in [2.45, 2.75) is 142 Å². The first kappa shape index (κ1) is 49.5. The van der Waals surface area contributed by atoms with E-state index in [1.807, 2.05) is 12.2 Å². The molecule has 0 aliphatic carbocycles. The van der Waals surface area contributed by atoms with Crippen molar-refractivity contribution in [1.82, 2.24) is 0 Å². The van der Waals surface area contributed by atoms with Gasteiger partial charge in [0.2, 0.25) is 0 Å². The highest BCUT2D eigenvalue weighted by atomic mass is 16.6. The van der Waals surface area contributed by atoms with Gasteiger partial charge in [0.15, 0.2) is 6.10 Å². The molecule has 300 valence electrons. The van der Waals surface area contributed by atoms with Crippen LogP contribution in [0.25, 0.3) is 0 Å². The molecule has 0 aromatic heterocycles. The lowest BCUT2D eigenvalue weighted by Crippen LogP contribution is -2.55. The van der Waals surface area contributed by atoms with Crippen LogP contribution in [0.15, 0.2) is 85.1 Å². The van der Waals surface area contributed by atoms with Gasteiger partial charge in [0.25, 0.3) is 0 Å². The van der Waals surface area contributed by atoms with Crippen molar-refractivity contribution < 1.29 is 38.2 Å². The number of carbonyl (C=O) groups excluding carboxylic acids is 3. The van der Waals surface area contributed by atoms with Crippen molar-refractivity contribution in [3.05, 3.63) is 85.1 Å². The zero-order chi connectivity index (χ0) is 39.3. The van der Waals surface area contributed by atoms with Gasteiger partial charge in [-0.15, -0.1) is 0 Å². The molecule has 8 heteroatoms. The van der Waals surface area contributed by atoms with Crippen molar-refractivity contribution in [3.8, 4) is 0 Å². The summed E-state index contributed by atoms with van der Waals surface area (Å²) in [6.45, 7) is 4.37. The molecule has 0 saturated heterocycles. The van der Waals surface area contributed by atoms with Crippen LogP contribution < -0.4 is 5.11 Å². The molecular formula is C45H73NO7. The number of carboxylic acids is 1. The molecule has 0 amide bonds. The highest BCUT2D eigenvalue weighted by Crippen LogP contribution is 2.11. The van der Waals surface area contributed by atoms with Crippen LogP contribution in [0.5, 0.6) is 0 Å². The van der Waals surface area contributed by atoms with Crippen LogP contribution in [0.3, 0.4) is 0 Å². The smallest absolute Gasteiger partial charge is 0.306 e. The molecule has 0 N–H and O–H groups in total. The predicted molar refractivity (Wildman–Crippen MR) is 217 cm³/mol. The first-order valence-corrected chi connectivity index (χ1v) is 20.1. The molecule has 0 fully saturated rings. The Labute approximate surface area is 323 Å². The standard InChI is InChI=1S/C45H73NO7/c1-6-8-10-12-14-16-18-19-20-21-22-23-24-25-26-28-30-32-34-36-44(48)53-41(39-51-38-37-42(45(49)50)46(3,4)5)40-52-43(47)35-33-31-29-27-17-15-13-11-9-7-2/h8,10,13-16,19-20,22-23,25-26,30,32,41-42H,6-7,9,11-12,17-18,21,24,27-29,31,33-40H2,1-5H3/b10-8+,15-13+,16-14+,20-19+,23-22+,26-25+,32-30+. The zero-order valence-electron chi connectivity index (χ0n) is 33.9. The van der Waals surface area contributed by atoms with Crippen molar-refractivity contribution in [1.29, 1.82) is 0 Å². The Bertz CT molecular complexity index is 1140. The van der Waals surface area contributed by atoms with Crippen LogP contribution in [0.2, 0.25) is 0 Å². The topological polar surface area (TPSA) is 102 Å². The summed E-state index contributed by atoms with van der Waals surface area (Å²) in [5.41, 5.74) is 0. The SMILES string of the molecule is CC/C=C/C/C=C/C/C=C/C/C=C/C/C=C/C/C=C/CCC(=O)OC(COCCC(C(=O)[O-])[N+](C)(C)C)COC(=O)CCCCCC/C=C/CCCC. The molecule has 0 aromatic rings. The van der Waals surface area contributed by atoms with Gasteiger partial charge in [-0.2, -0.15) is 0 Å². The second-order valence-electron chi connectivity index (χ2n) is 14.1. The molecule has 8 nitrogen and oxygen atoms in total. The Morgan fingerprint density at radius 3 is 1.62 bits per heavy atom. The van der Waals surface area contributed by atoms with Gasteiger partial charge in [0, 0.05) is 19.3 Å². The Morgan fingerprint density at radius 2 is 1.09 bits per heavy atom. The van der Waals surface area contributed by atoms with E-state index in [0.717, 1.165) is 77.0 Å². The summed E-state index contributed by atoms with van der Waals surface area (Å²) >= 11 is 0. The number of ether oxygens (including phenoxy) is 3. The van der Waals surface area contributed by atoms with Gasteiger partial charge in [0.1, 0.15) is 12.6 Å². The molecule has 0 rings (SSSR count). The predicted octanol–water partition coefficient (Wildman–Crippen LogP) is 9.24. The van der Waals surface area contributed by atoms with Gasteiger partial charge in [-0.3, -0.25) is 9.59 Å². The summed E-state index contributed by atoms with van der Waals surface area (Å²) in [6, 6.07) is -0.743. The fraction of sp³-hybridized carbons (Fsp3) is 0.622. The lowest BCUT2D eigenvalue weighted by Gasteiger charge is -2.34. The number of nitrogens with zero attached hydrogens (tertiary/aromatic N) is 1. The van der Waals surface area contributed by atoms with Crippen molar-refractivity contribution in [2.75, 3.05) is 41.0 Å². The van der Waals surface area contributed by atoms with Crippen LogP contribution in [-0.4, -0.2) is 75.5 Å². The number of hydrogen-bond donors (Lipinski definition) is 0. The van der Waals surface area contributed by atoms with Crippen LogP contribution in [0.1, 0.15) is 129 Å². The molecule has 53 heavy (non-hydrogen) atoms. The number of rotatable bonds is 34. The highest BCUT2D eigenvalue weighted by molar-refractivity contribution is 5.70. The minimum absolute atomic E-state index is 0.00160. The quantitative estimate of drug-likeness (QED) is 0.0281. The van der Waals surface area contributed by atoms with E-state index in [-0.39, 0.29) is 43.1 Å². The van der Waals surface area contributed by atoms with Gasteiger partial charge in [-0.05, 0) is 70.6 Å². The van der Waals surface area contributed by atoms with E-state index in [4.69, 9.17) is 14.2 Å². The van der Waals surface area contributed by atoms with Gasteiger partial charge in [-0.1, -0.05) is 125 Å². The van der Waals surface area contributed by atoms with Gasteiger partial charge >= 0.3 is 11.9 Å². The molecular weight excluding hydrogens is 666 g/mol. The highest BCUT2D eigenvalue weighted by Gasteiger charge is 2.25. The first-order chi connectivity index (χ1) is 25.6. The number of aliphatic carboxylic acids is 1. The average Bonchev–Trinajstić information content (AvgIpc) is 3.11. The summed E-state index contributed by atoms with van der Waals surface area (Å²) in [7, 11) is 5.36. The van der Waals surface area contributed by atoms with E-state index < -0.39 is 24.1 Å². The lowest BCUT2D eigenvalue weighted by molar-refractivity contribution is -0.889. The zero-order valence-corrected chi connectivity index (χ0v) is 33.9. The van der Waals surface area contributed by atoms with Crippen LogP contribution in [0, 0.1) is 0 Å². The van der Waals surface area contributed by atoms with Gasteiger partial charge in [0.05, 0.1) is 40.3 Å². The van der Waals surface area contributed by atoms with E-state index in [9.17, 15) is 19.5 Å². The van der Waals surface area contributed by atoms with Gasteiger partial charge in [-0.25, -0.2) is 0 Å². The van der Waals surface area contributed by atoms with Crippen molar-refractivity contribution in [3.63, 3.8) is 0 Å². The molecule has 0 bridgehead atoms. The number of allylic oxidation sites excluding steroid dienone is 14. The Kier molecular flexibility index (Phi) is 33.2. The molecule has 0 aromatic carbocycles. The Hall–Kier alpha value is -3.49. The molecule has 2 atom stereocenters. The van der Waals surface area contributed by atoms with E-state index in [1.54, 1.807) is 21.1 Å². The summed E-state index contributed by atoms with van der Waals surface area (Å²) in [5, 5.41) is 11.6. The molecule has 0 aliphatic rings. The monoisotopic (exact) mass is 740 g/mol. The molecule has 0 aliphatic heterocycles. The van der Waals surface area contributed by atoms with E-state index in [0.29, 0.717) is 12.8 Å². The minimum atomic E-state index is -1.14. The number of unbranched alkanes of at least 4 members (excludes halogenated alkanes) is 6. The van der Waals surface area contributed by atoms with Crippen LogP contribution >= 0.6 is 0 Å². The molecule has 0 spiro atoms. The molecule has 0 heterocycles. The third kappa shape index (κ3) is 34.1. The number of likely N-dealkylation sites (N-methyl/N-ethyl adjacent to an activating group) is 1. The number of carboxylic acid groups (broad SMARTS) is 1. The number of hydrogen-bond acceptors (Lipinski definition) is 7. The van der Waals surface area contributed by atoms with Gasteiger partial charge < -0.3 is 28.6 Å². The number of carbonyl (C=O) groups is 3. The molecule has 0 saturated carbocycles. The summed E-state index contributed by atoms with van der Waals surface area (Å²) in [4.78, 5) is 36.6. The third-order valence-corrected chi connectivity index (χ3v) is 8.28. The Balaban J connectivity index is 4.55. The maximum absolute atomic E-state index is 12.6. The normalized spacial score (nSPS) is 13.9. The lowest BCUT2D eigenvalue weighted by atomic mass is 10.1. The number of esters is 2. The minimum Gasteiger partial charge on any atom is -0.544 e. The van der Waals surface area contributed by atoms with Crippen molar-refractivity contribution in [2.24, 2.45) is 0 Å². The maximum atomic E-state index is 12.6. The average molecular weight is 740 g/mol. The van der Waals surface area contributed by atoms with Crippen LogP contribution in [-0.2, 0) is 28.6 Å². The fourth-order valence-corrected chi connectivity index (χ4v) is 5.13. The summed E-state index contributed by atoms with van der Waals surface area (Å²) in [6.07, 6.45) is 44.9. The van der Waals surface area contributed by atoms with Crippen LogP contribution in [0.4, 0.5) is 0 Å². The largest absolute Gasteiger partial charge is 0.544 e. The Morgan fingerprint density at radius 1 is 0.585 bits per heavy atom. The van der Waals surface area contributed by atoms with E-state index in [2.05, 4.69) is 86.8 Å². The third-order valence-electron chi connectivity index (χ3n) is 8.28. The molecule has 0 radical (unpaired) electrons. The summed E-state index contributed by atoms with van der Waals surface area (Å²) in [5.74, 6) is -1.88.